The van der Waals surface area contributed by atoms with Gasteiger partial charge in [-0.3, -0.25) is 9.59 Å². The molecular formula is C22H27N3O5S. The molecule has 9 heteroatoms. The van der Waals surface area contributed by atoms with Gasteiger partial charge in [-0.2, -0.15) is 5.10 Å². The molecule has 0 fully saturated rings. The van der Waals surface area contributed by atoms with Gasteiger partial charge < -0.3 is 19.1 Å². The molecule has 0 N–H and O–H groups in total. The number of hydrazone groups is 1. The Morgan fingerprint density at radius 1 is 1.19 bits per heavy atom. The number of carbonyl (C=O) groups excluding carboxylic acids is 2. The van der Waals surface area contributed by atoms with Crippen LogP contribution in [0.4, 0.5) is 0 Å². The van der Waals surface area contributed by atoms with Crippen LogP contribution in [0.25, 0.3) is 0 Å². The first-order valence-corrected chi connectivity index (χ1v) is 10.8. The molecule has 3 rings (SSSR count). The molecule has 166 valence electrons. The Kier molecular flexibility index (Phi) is 7.64. The van der Waals surface area contributed by atoms with Crippen LogP contribution in [0, 0.1) is 0 Å². The fraction of sp³-hybridized carbons (Fsp3) is 0.409. The van der Waals surface area contributed by atoms with E-state index in [-0.39, 0.29) is 24.4 Å². The average molecular weight is 446 g/mol. The van der Waals surface area contributed by atoms with E-state index in [0.29, 0.717) is 31.1 Å². The molecule has 2 aromatic rings. The Hall–Kier alpha value is -2.91. The van der Waals surface area contributed by atoms with Crippen molar-refractivity contribution in [1.82, 2.24) is 9.91 Å². The maximum atomic E-state index is 13.2. The normalized spacial score (nSPS) is 15.5. The number of benzene rings is 1. The Balaban J connectivity index is 1.90. The van der Waals surface area contributed by atoms with Crippen molar-refractivity contribution in [3.63, 3.8) is 0 Å². The van der Waals surface area contributed by atoms with E-state index in [1.165, 1.54) is 16.8 Å². The number of methoxy groups -OCH3 is 3. The van der Waals surface area contributed by atoms with E-state index in [9.17, 15) is 9.59 Å². The van der Waals surface area contributed by atoms with Crippen molar-refractivity contribution in [2.75, 3.05) is 41.0 Å². The van der Waals surface area contributed by atoms with Crippen molar-refractivity contribution in [2.24, 2.45) is 5.10 Å². The topological polar surface area (TPSA) is 80.7 Å². The summed E-state index contributed by atoms with van der Waals surface area (Å²) in [7, 11) is 4.72. The molecule has 0 unspecified atom stereocenters. The monoisotopic (exact) mass is 445 g/mol. The minimum Gasteiger partial charge on any atom is -0.493 e. The third kappa shape index (κ3) is 5.23. The first-order chi connectivity index (χ1) is 15.0. The van der Waals surface area contributed by atoms with Crippen molar-refractivity contribution in [2.45, 2.75) is 19.4 Å². The summed E-state index contributed by atoms with van der Waals surface area (Å²) >= 11 is 1.58. The largest absolute Gasteiger partial charge is 0.493 e. The lowest BCUT2D eigenvalue weighted by atomic mass is 10.0. The van der Waals surface area contributed by atoms with E-state index in [0.717, 1.165) is 16.2 Å². The first-order valence-electron chi connectivity index (χ1n) is 9.88. The van der Waals surface area contributed by atoms with Crippen LogP contribution in [-0.2, 0) is 14.3 Å². The summed E-state index contributed by atoms with van der Waals surface area (Å²) < 4.78 is 15.8. The van der Waals surface area contributed by atoms with Crippen molar-refractivity contribution < 1.29 is 23.8 Å². The van der Waals surface area contributed by atoms with Gasteiger partial charge in [0, 0.05) is 27.0 Å². The molecule has 2 amide bonds. The van der Waals surface area contributed by atoms with Crippen LogP contribution in [0.15, 0.2) is 40.8 Å². The molecule has 1 atom stereocenters. The molecule has 0 aliphatic carbocycles. The van der Waals surface area contributed by atoms with Crippen molar-refractivity contribution in [3.05, 3.63) is 46.2 Å². The summed E-state index contributed by atoms with van der Waals surface area (Å²) in [5.41, 5.74) is 1.72. The number of carbonyl (C=O) groups is 2. The second kappa shape index (κ2) is 10.4. The molecule has 1 aliphatic heterocycles. The van der Waals surface area contributed by atoms with E-state index < -0.39 is 0 Å². The predicted molar refractivity (Wildman–Crippen MR) is 119 cm³/mol. The molecular weight excluding hydrogens is 418 g/mol. The Labute approximate surface area is 186 Å². The lowest BCUT2D eigenvalue weighted by Crippen LogP contribution is -2.41. The van der Waals surface area contributed by atoms with Gasteiger partial charge in [-0.1, -0.05) is 12.1 Å². The maximum Gasteiger partial charge on any atom is 0.262 e. The van der Waals surface area contributed by atoms with Gasteiger partial charge in [-0.25, -0.2) is 5.01 Å². The van der Waals surface area contributed by atoms with E-state index in [4.69, 9.17) is 14.2 Å². The number of rotatable bonds is 9. The molecule has 0 radical (unpaired) electrons. The van der Waals surface area contributed by atoms with Crippen molar-refractivity contribution in [3.8, 4) is 11.5 Å². The molecule has 2 heterocycles. The molecule has 1 aliphatic rings. The third-order valence-corrected chi connectivity index (χ3v) is 6.02. The quantitative estimate of drug-likeness (QED) is 0.593. The van der Waals surface area contributed by atoms with Gasteiger partial charge in [-0.05, 0) is 29.1 Å². The Morgan fingerprint density at radius 2 is 1.97 bits per heavy atom. The van der Waals surface area contributed by atoms with Gasteiger partial charge in [0.05, 0.1) is 37.5 Å². The van der Waals surface area contributed by atoms with Crippen LogP contribution in [0.2, 0.25) is 0 Å². The van der Waals surface area contributed by atoms with Crippen LogP contribution < -0.4 is 9.47 Å². The van der Waals surface area contributed by atoms with Crippen LogP contribution in [0.5, 0.6) is 11.5 Å². The van der Waals surface area contributed by atoms with Crippen LogP contribution in [-0.4, -0.2) is 68.5 Å². The highest BCUT2D eigenvalue weighted by molar-refractivity contribution is 7.12. The zero-order valence-corrected chi connectivity index (χ0v) is 19.0. The summed E-state index contributed by atoms with van der Waals surface area (Å²) in [6.45, 7) is 2.08. The number of thiophene rings is 1. The Morgan fingerprint density at radius 3 is 2.58 bits per heavy atom. The minimum atomic E-state index is -0.305. The highest BCUT2D eigenvalue weighted by Crippen LogP contribution is 2.37. The molecule has 0 saturated heterocycles. The summed E-state index contributed by atoms with van der Waals surface area (Å²) in [5, 5.41) is 8.12. The zero-order chi connectivity index (χ0) is 22.4. The SMILES string of the molecule is COCCN(CC(=O)N1N=C(c2cccs2)C[C@H]1c1ccc(OC)c(OC)c1)C(C)=O. The molecule has 8 nitrogen and oxygen atoms in total. The molecule has 31 heavy (non-hydrogen) atoms. The summed E-state index contributed by atoms with van der Waals surface area (Å²) in [4.78, 5) is 27.7. The van der Waals surface area contributed by atoms with Crippen LogP contribution in [0.3, 0.4) is 0 Å². The van der Waals surface area contributed by atoms with E-state index in [1.807, 2.05) is 35.7 Å². The van der Waals surface area contributed by atoms with Gasteiger partial charge in [0.2, 0.25) is 5.91 Å². The lowest BCUT2D eigenvalue weighted by molar-refractivity contribution is -0.141. The average Bonchev–Trinajstić information content (AvgIpc) is 3.45. The molecule has 1 aromatic carbocycles. The number of ether oxygens (including phenoxy) is 3. The smallest absolute Gasteiger partial charge is 0.262 e. The highest BCUT2D eigenvalue weighted by atomic mass is 32.1. The van der Waals surface area contributed by atoms with Crippen LogP contribution in [0.1, 0.15) is 29.8 Å². The van der Waals surface area contributed by atoms with Crippen LogP contribution >= 0.6 is 11.3 Å². The molecule has 0 bridgehead atoms. The highest BCUT2D eigenvalue weighted by Gasteiger charge is 2.34. The summed E-state index contributed by atoms with van der Waals surface area (Å²) in [6, 6.07) is 9.24. The summed E-state index contributed by atoms with van der Waals surface area (Å²) in [5.74, 6) is 0.763. The number of hydrogen-bond donors (Lipinski definition) is 0. The van der Waals surface area contributed by atoms with Gasteiger partial charge in [-0.15, -0.1) is 11.3 Å². The predicted octanol–water partition coefficient (Wildman–Crippen LogP) is 2.94. The number of hydrogen-bond acceptors (Lipinski definition) is 7. The summed E-state index contributed by atoms with van der Waals surface area (Å²) in [6.07, 6.45) is 0.569. The van der Waals surface area contributed by atoms with Gasteiger partial charge in [0.15, 0.2) is 11.5 Å². The second-order valence-corrected chi connectivity index (χ2v) is 7.98. The fourth-order valence-electron chi connectivity index (χ4n) is 3.44. The van der Waals surface area contributed by atoms with Crippen molar-refractivity contribution >= 4 is 28.9 Å². The Bertz CT molecular complexity index is 945. The van der Waals surface area contributed by atoms with Crippen molar-refractivity contribution in [1.29, 1.82) is 0 Å². The van der Waals surface area contributed by atoms with E-state index in [2.05, 4.69) is 5.10 Å². The zero-order valence-electron chi connectivity index (χ0n) is 18.2. The first kappa shape index (κ1) is 22.8. The third-order valence-electron chi connectivity index (χ3n) is 5.10. The van der Waals surface area contributed by atoms with Gasteiger partial charge in [0.1, 0.15) is 6.54 Å². The molecule has 0 saturated carbocycles. The lowest BCUT2D eigenvalue weighted by Gasteiger charge is -2.26. The molecule has 1 aromatic heterocycles. The number of amides is 2. The second-order valence-electron chi connectivity index (χ2n) is 7.03. The number of nitrogens with zero attached hydrogens (tertiary/aromatic N) is 3. The fourth-order valence-corrected chi connectivity index (χ4v) is 4.16. The van der Waals surface area contributed by atoms with Gasteiger partial charge >= 0.3 is 0 Å². The van der Waals surface area contributed by atoms with E-state index in [1.54, 1.807) is 32.7 Å². The minimum absolute atomic E-state index is 0.0658. The maximum absolute atomic E-state index is 13.2. The van der Waals surface area contributed by atoms with Gasteiger partial charge in [0.25, 0.3) is 5.91 Å². The molecule has 0 spiro atoms. The van der Waals surface area contributed by atoms with E-state index >= 15 is 0 Å². The standard InChI is InChI=1S/C22H27N3O5S/c1-15(26)24(9-10-28-2)14-22(27)25-18(13-17(23-25)21-6-5-11-31-21)16-7-8-19(29-3)20(12-16)30-4/h5-8,11-12,18H,9-10,13-14H2,1-4H3/t18-/m0/s1.